The number of nitrogens with zero attached hydrogens (tertiary/aromatic N) is 2. The van der Waals surface area contributed by atoms with Crippen molar-refractivity contribution in [3.05, 3.63) is 30.1 Å². The van der Waals surface area contributed by atoms with E-state index in [1.165, 1.54) is 47.7 Å². The third kappa shape index (κ3) is 6.47. The lowest BCUT2D eigenvalue weighted by Gasteiger charge is -2.22. The lowest BCUT2D eigenvalue weighted by molar-refractivity contribution is -0.113. The molecule has 3 rings (SSSR count). The van der Waals surface area contributed by atoms with Crippen LogP contribution in [0.15, 0.2) is 28.6 Å². The van der Waals surface area contributed by atoms with Crippen molar-refractivity contribution in [2.75, 3.05) is 16.4 Å². The van der Waals surface area contributed by atoms with Crippen molar-refractivity contribution in [2.24, 2.45) is 0 Å². The van der Waals surface area contributed by atoms with Gasteiger partial charge in [0.15, 0.2) is 4.34 Å². The van der Waals surface area contributed by atoms with Crippen LogP contribution in [-0.4, -0.2) is 33.9 Å². The molecule has 144 valence electrons. The van der Waals surface area contributed by atoms with Crippen LogP contribution in [-0.2, 0) is 4.79 Å². The number of halogens is 1. The fraction of sp³-hybridized carbons (Fsp3) is 0.412. The van der Waals surface area contributed by atoms with Crippen LogP contribution in [0.4, 0.5) is 20.0 Å². The Balaban J connectivity index is 1.42. The van der Waals surface area contributed by atoms with Gasteiger partial charge in [-0.3, -0.25) is 10.1 Å². The number of benzene rings is 1. The Morgan fingerprint density at radius 3 is 2.78 bits per heavy atom. The number of rotatable bonds is 6. The highest BCUT2D eigenvalue weighted by molar-refractivity contribution is 8.01. The quantitative estimate of drug-likeness (QED) is 0.497. The van der Waals surface area contributed by atoms with E-state index < -0.39 is 5.82 Å². The van der Waals surface area contributed by atoms with Crippen LogP contribution in [0.5, 0.6) is 0 Å². The zero-order valence-electron chi connectivity index (χ0n) is 14.5. The minimum Gasteiger partial charge on any atom is -0.335 e. The van der Waals surface area contributed by atoms with Crippen LogP contribution in [0, 0.1) is 5.82 Å². The number of carbonyl (C=O) groups is 2. The van der Waals surface area contributed by atoms with Gasteiger partial charge < -0.3 is 10.6 Å². The molecule has 10 heteroatoms. The Kier molecular flexibility index (Phi) is 6.99. The molecule has 2 aromatic rings. The van der Waals surface area contributed by atoms with E-state index in [1.54, 1.807) is 6.07 Å². The topological polar surface area (TPSA) is 96.0 Å². The lowest BCUT2D eigenvalue weighted by Crippen LogP contribution is -2.38. The highest BCUT2D eigenvalue weighted by Gasteiger charge is 2.17. The van der Waals surface area contributed by atoms with Gasteiger partial charge in [0.25, 0.3) is 0 Å². The van der Waals surface area contributed by atoms with Gasteiger partial charge in [-0.05, 0) is 31.0 Å². The second-order valence-corrected chi connectivity index (χ2v) is 8.35. The van der Waals surface area contributed by atoms with E-state index in [-0.39, 0.29) is 23.7 Å². The van der Waals surface area contributed by atoms with Crippen molar-refractivity contribution in [1.82, 2.24) is 15.5 Å². The molecule has 1 aromatic heterocycles. The normalized spacial score (nSPS) is 14.6. The molecule has 1 heterocycles. The standard InChI is InChI=1S/C17H20FN5O2S2/c18-11-5-4-8-13(9-11)19-14(24)10-26-17-23-22-16(27-17)21-15(25)20-12-6-2-1-3-7-12/h4-5,8-9,12H,1-3,6-7,10H2,(H,19,24)(H2,20,21,22,25). The summed E-state index contributed by atoms with van der Waals surface area (Å²) in [6.07, 6.45) is 5.52. The Bertz CT molecular complexity index is 795. The van der Waals surface area contributed by atoms with Gasteiger partial charge >= 0.3 is 6.03 Å². The summed E-state index contributed by atoms with van der Waals surface area (Å²) in [5, 5.41) is 16.5. The molecule has 0 saturated heterocycles. The van der Waals surface area contributed by atoms with Crippen LogP contribution in [0.3, 0.4) is 0 Å². The van der Waals surface area contributed by atoms with Crippen molar-refractivity contribution in [3.63, 3.8) is 0 Å². The van der Waals surface area contributed by atoms with E-state index in [1.807, 2.05) is 0 Å². The highest BCUT2D eigenvalue weighted by Crippen LogP contribution is 2.26. The molecule has 1 saturated carbocycles. The summed E-state index contributed by atoms with van der Waals surface area (Å²) in [7, 11) is 0. The van der Waals surface area contributed by atoms with Crippen molar-refractivity contribution in [1.29, 1.82) is 0 Å². The molecule has 0 radical (unpaired) electrons. The summed E-state index contributed by atoms with van der Waals surface area (Å²) in [5.74, 6) is -0.573. The molecule has 0 bridgehead atoms. The predicted octanol–water partition coefficient (Wildman–Crippen LogP) is 3.86. The maximum Gasteiger partial charge on any atom is 0.321 e. The van der Waals surface area contributed by atoms with E-state index in [9.17, 15) is 14.0 Å². The summed E-state index contributed by atoms with van der Waals surface area (Å²) < 4.78 is 13.7. The Hall–Kier alpha value is -2.20. The monoisotopic (exact) mass is 409 g/mol. The molecule has 1 fully saturated rings. The first kappa shape index (κ1) is 19.6. The van der Waals surface area contributed by atoms with Gasteiger partial charge in [0.05, 0.1) is 5.75 Å². The summed E-state index contributed by atoms with van der Waals surface area (Å²) in [4.78, 5) is 23.9. The molecule has 0 spiro atoms. The molecular formula is C17H20FN5O2S2. The summed E-state index contributed by atoms with van der Waals surface area (Å²) in [5.41, 5.74) is 0.402. The Morgan fingerprint density at radius 2 is 2.00 bits per heavy atom. The Morgan fingerprint density at radius 1 is 1.19 bits per heavy atom. The minimum absolute atomic E-state index is 0.111. The molecule has 3 N–H and O–H groups in total. The van der Waals surface area contributed by atoms with Gasteiger partial charge in [-0.1, -0.05) is 48.4 Å². The molecule has 1 aromatic carbocycles. The number of nitrogens with one attached hydrogen (secondary N) is 3. The molecule has 1 aliphatic rings. The number of amides is 3. The minimum atomic E-state index is -0.410. The van der Waals surface area contributed by atoms with Crippen LogP contribution < -0.4 is 16.0 Å². The molecule has 27 heavy (non-hydrogen) atoms. The third-order valence-corrected chi connectivity index (χ3v) is 5.97. The Labute approximate surface area is 164 Å². The molecule has 3 amide bonds. The number of aromatic nitrogens is 2. The maximum atomic E-state index is 13.1. The van der Waals surface area contributed by atoms with Crippen LogP contribution in [0.1, 0.15) is 32.1 Å². The van der Waals surface area contributed by atoms with Gasteiger partial charge in [0.2, 0.25) is 11.0 Å². The van der Waals surface area contributed by atoms with Crippen LogP contribution in [0.2, 0.25) is 0 Å². The zero-order chi connectivity index (χ0) is 19.1. The van der Waals surface area contributed by atoms with E-state index in [0.29, 0.717) is 15.2 Å². The average Bonchev–Trinajstić information content (AvgIpc) is 3.08. The number of urea groups is 1. The van der Waals surface area contributed by atoms with E-state index in [2.05, 4.69) is 26.1 Å². The summed E-state index contributed by atoms with van der Waals surface area (Å²) >= 11 is 2.41. The van der Waals surface area contributed by atoms with Crippen LogP contribution >= 0.6 is 23.1 Å². The van der Waals surface area contributed by atoms with Crippen molar-refractivity contribution in [3.8, 4) is 0 Å². The number of hydrogen-bond acceptors (Lipinski definition) is 6. The van der Waals surface area contributed by atoms with Crippen LogP contribution in [0.25, 0.3) is 0 Å². The molecular weight excluding hydrogens is 389 g/mol. The zero-order valence-corrected chi connectivity index (χ0v) is 16.2. The first-order valence-corrected chi connectivity index (χ1v) is 10.5. The van der Waals surface area contributed by atoms with E-state index >= 15 is 0 Å². The number of anilines is 2. The maximum absolute atomic E-state index is 13.1. The lowest BCUT2D eigenvalue weighted by atomic mass is 9.96. The van der Waals surface area contributed by atoms with Crippen molar-refractivity contribution < 1.29 is 14.0 Å². The summed E-state index contributed by atoms with van der Waals surface area (Å²) in [6.45, 7) is 0. The van der Waals surface area contributed by atoms with Gasteiger partial charge in [0.1, 0.15) is 5.82 Å². The fourth-order valence-corrected chi connectivity index (χ4v) is 4.32. The number of hydrogen-bond donors (Lipinski definition) is 3. The highest BCUT2D eigenvalue weighted by atomic mass is 32.2. The SMILES string of the molecule is O=C(CSc1nnc(NC(=O)NC2CCCCC2)s1)Nc1cccc(F)c1. The first-order valence-electron chi connectivity index (χ1n) is 8.68. The molecule has 0 unspecified atom stereocenters. The number of thioether (sulfide) groups is 1. The van der Waals surface area contributed by atoms with Crippen molar-refractivity contribution in [2.45, 2.75) is 42.5 Å². The molecule has 0 aliphatic heterocycles. The van der Waals surface area contributed by atoms with Gasteiger partial charge in [0, 0.05) is 11.7 Å². The van der Waals surface area contributed by atoms with Gasteiger partial charge in [-0.25, -0.2) is 9.18 Å². The van der Waals surface area contributed by atoms with Gasteiger partial charge in [-0.15, -0.1) is 10.2 Å². The second kappa shape index (κ2) is 9.65. The smallest absolute Gasteiger partial charge is 0.321 e. The predicted molar refractivity (Wildman–Crippen MR) is 105 cm³/mol. The molecule has 0 atom stereocenters. The van der Waals surface area contributed by atoms with E-state index in [4.69, 9.17) is 0 Å². The number of carbonyl (C=O) groups excluding carboxylic acids is 2. The van der Waals surface area contributed by atoms with Crippen molar-refractivity contribution >= 4 is 45.9 Å². The second-order valence-electron chi connectivity index (χ2n) is 6.15. The van der Waals surface area contributed by atoms with E-state index in [0.717, 1.165) is 25.7 Å². The molecule has 7 nitrogen and oxygen atoms in total. The fourth-order valence-electron chi connectivity index (χ4n) is 2.77. The first-order chi connectivity index (χ1) is 13.1. The third-order valence-electron chi connectivity index (χ3n) is 4.00. The van der Waals surface area contributed by atoms with Gasteiger partial charge in [-0.2, -0.15) is 0 Å². The largest absolute Gasteiger partial charge is 0.335 e. The molecule has 1 aliphatic carbocycles. The average molecular weight is 410 g/mol. The summed E-state index contributed by atoms with van der Waals surface area (Å²) in [6, 6.07) is 5.64.